The summed E-state index contributed by atoms with van der Waals surface area (Å²) in [5.41, 5.74) is 0.179. The Kier molecular flexibility index (Phi) is 7.08. The van der Waals surface area contributed by atoms with Crippen LogP contribution in [0.15, 0.2) is 48.5 Å². The standard InChI is InChI=1S/C23H25F3N2O4/c1-15(29)20-7-4-12-27(20)22(31)28(19-6-3-5-18(13-19)23(24,25)26)14-16-8-10-17(11-9-16)21(30)32-2/h3,5-6,8-11,13,15,20,29H,4,7,12,14H2,1-2H3/t15-,20+/m0/s1. The number of carbonyl (C=O) groups is 2. The number of rotatable bonds is 5. The molecule has 32 heavy (non-hydrogen) atoms. The Morgan fingerprint density at radius 3 is 2.50 bits per heavy atom. The van der Waals surface area contributed by atoms with Crippen molar-refractivity contribution in [2.24, 2.45) is 0 Å². The number of hydrogen-bond donors (Lipinski definition) is 1. The van der Waals surface area contributed by atoms with Crippen LogP contribution < -0.4 is 4.90 Å². The van der Waals surface area contributed by atoms with E-state index in [-0.39, 0.29) is 12.2 Å². The van der Waals surface area contributed by atoms with E-state index in [4.69, 9.17) is 0 Å². The summed E-state index contributed by atoms with van der Waals surface area (Å²) < 4.78 is 44.5. The molecule has 1 heterocycles. The number of ether oxygens (including phenoxy) is 1. The number of hydrogen-bond acceptors (Lipinski definition) is 4. The van der Waals surface area contributed by atoms with Crippen LogP contribution in [0.1, 0.15) is 41.3 Å². The molecule has 0 spiro atoms. The lowest BCUT2D eigenvalue weighted by atomic mass is 10.1. The molecule has 1 aliphatic heterocycles. The normalized spacial score (nSPS) is 17.2. The molecule has 1 aliphatic rings. The molecule has 0 aliphatic carbocycles. The maximum Gasteiger partial charge on any atom is 0.416 e. The number of carbonyl (C=O) groups excluding carboxylic acids is 2. The van der Waals surface area contributed by atoms with Gasteiger partial charge in [-0.05, 0) is 55.7 Å². The van der Waals surface area contributed by atoms with Gasteiger partial charge in [0.25, 0.3) is 0 Å². The van der Waals surface area contributed by atoms with E-state index in [1.165, 1.54) is 41.2 Å². The summed E-state index contributed by atoms with van der Waals surface area (Å²) in [7, 11) is 1.26. The van der Waals surface area contributed by atoms with Crippen molar-refractivity contribution in [2.45, 2.75) is 44.6 Å². The van der Waals surface area contributed by atoms with Crippen LogP contribution in [-0.4, -0.2) is 47.8 Å². The molecule has 2 aromatic rings. The molecule has 172 valence electrons. The molecule has 6 nitrogen and oxygen atoms in total. The van der Waals surface area contributed by atoms with Gasteiger partial charge in [0.15, 0.2) is 0 Å². The lowest BCUT2D eigenvalue weighted by molar-refractivity contribution is -0.137. The number of methoxy groups -OCH3 is 1. The van der Waals surface area contributed by atoms with Gasteiger partial charge in [-0.15, -0.1) is 0 Å². The van der Waals surface area contributed by atoms with Crippen LogP contribution in [0.3, 0.4) is 0 Å². The summed E-state index contributed by atoms with van der Waals surface area (Å²) in [5, 5.41) is 10.1. The first-order valence-electron chi connectivity index (χ1n) is 10.2. The van der Waals surface area contributed by atoms with Crippen LogP contribution in [0.2, 0.25) is 0 Å². The first-order chi connectivity index (χ1) is 15.1. The zero-order valence-electron chi connectivity index (χ0n) is 17.8. The third-order valence-corrected chi connectivity index (χ3v) is 5.53. The number of benzene rings is 2. The summed E-state index contributed by atoms with van der Waals surface area (Å²) in [6.07, 6.45) is -3.99. The van der Waals surface area contributed by atoms with Crippen LogP contribution in [-0.2, 0) is 17.5 Å². The van der Waals surface area contributed by atoms with Gasteiger partial charge in [-0.3, -0.25) is 4.90 Å². The molecule has 1 saturated heterocycles. The zero-order valence-corrected chi connectivity index (χ0v) is 17.8. The summed E-state index contributed by atoms with van der Waals surface area (Å²) in [6, 6.07) is 10.0. The van der Waals surface area contributed by atoms with Crippen molar-refractivity contribution in [3.63, 3.8) is 0 Å². The minimum Gasteiger partial charge on any atom is -0.465 e. The number of halogens is 3. The van der Waals surface area contributed by atoms with E-state index in [0.29, 0.717) is 30.5 Å². The molecule has 0 unspecified atom stereocenters. The summed E-state index contributed by atoms with van der Waals surface area (Å²) >= 11 is 0. The van der Waals surface area contributed by atoms with Gasteiger partial charge < -0.3 is 14.7 Å². The third-order valence-electron chi connectivity index (χ3n) is 5.53. The van der Waals surface area contributed by atoms with Crippen LogP contribution in [0.25, 0.3) is 0 Å². The second-order valence-corrected chi connectivity index (χ2v) is 7.75. The quantitative estimate of drug-likeness (QED) is 0.683. The van der Waals surface area contributed by atoms with E-state index in [9.17, 15) is 27.9 Å². The Morgan fingerprint density at radius 2 is 1.91 bits per heavy atom. The van der Waals surface area contributed by atoms with Crippen molar-refractivity contribution < 1.29 is 32.6 Å². The van der Waals surface area contributed by atoms with Gasteiger partial charge >= 0.3 is 18.2 Å². The highest BCUT2D eigenvalue weighted by molar-refractivity contribution is 5.93. The van der Waals surface area contributed by atoms with Crippen LogP contribution in [0.4, 0.5) is 23.7 Å². The fourth-order valence-corrected chi connectivity index (χ4v) is 3.85. The van der Waals surface area contributed by atoms with Gasteiger partial charge in [0.05, 0.1) is 36.9 Å². The van der Waals surface area contributed by atoms with E-state index in [1.807, 2.05) is 0 Å². The summed E-state index contributed by atoms with van der Waals surface area (Å²) in [6.45, 7) is 1.99. The second kappa shape index (κ2) is 9.60. The molecule has 3 rings (SSSR count). The first kappa shape index (κ1) is 23.6. The largest absolute Gasteiger partial charge is 0.465 e. The van der Waals surface area contributed by atoms with Gasteiger partial charge in [-0.25, -0.2) is 9.59 Å². The van der Waals surface area contributed by atoms with Gasteiger partial charge in [-0.1, -0.05) is 18.2 Å². The molecule has 9 heteroatoms. The molecular formula is C23H25F3N2O4. The Bertz CT molecular complexity index is 960. The van der Waals surface area contributed by atoms with Crippen molar-refractivity contribution in [3.05, 3.63) is 65.2 Å². The topological polar surface area (TPSA) is 70.1 Å². The Hall–Kier alpha value is -3.07. The molecule has 0 saturated carbocycles. The van der Waals surface area contributed by atoms with E-state index in [1.54, 1.807) is 19.1 Å². The Balaban J connectivity index is 1.96. The fraction of sp³-hybridized carbons (Fsp3) is 0.391. The van der Waals surface area contributed by atoms with Gasteiger partial charge in [0, 0.05) is 12.2 Å². The number of aliphatic hydroxyl groups excluding tert-OH is 1. The molecule has 1 N–H and O–H groups in total. The highest BCUT2D eigenvalue weighted by Gasteiger charge is 2.36. The molecule has 0 bridgehead atoms. The minimum absolute atomic E-state index is 0.00930. The number of nitrogens with zero attached hydrogens (tertiary/aromatic N) is 2. The van der Waals surface area contributed by atoms with Crippen LogP contribution >= 0.6 is 0 Å². The molecule has 0 aromatic heterocycles. The number of esters is 1. The van der Waals surface area contributed by atoms with Gasteiger partial charge in [-0.2, -0.15) is 13.2 Å². The van der Waals surface area contributed by atoms with E-state index < -0.39 is 35.9 Å². The van der Waals surface area contributed by atoms with Crippen molar-refractivity contribution in [2.75, 3.05) is 18.6 Å². The summed E-state index contributed by atoms with van der Waals surface area (Å²) in [4.78, 5) is 27.9. The fourth-order valence-electron chi connectivity index (χ4n) is 3.85. The van der Waals surface area contributed by atoms with Gasteiger partial charge in [0.2, 0.25) is 0 Å². The monoisotopic (exact) mass is 450 g/mol. The molecular weight excluding hydrogens is 425 g/mol. The maximum atomic E-state index is 13.4. The summed E-state index contributed by atoms with van der Waals surface area (Å²) in [5.74, 6) is -0.515. The average molecular weight is 450 g/mol. The SMILES string of the molecule is COC(=O)c1ccc(CN(C(=O)N2CCC[C@@H]2[C@H](C)O)c2cccc(C(F)(F)F)c2)cc1. The minimum atomic E-state index is -4.55. The molecule has 0 radical (unpaired) electrons. The second-order valence-electron chi connectivity index (χ2n) is 7.75. The lowest BCUT2D eigenvalue weighted by Crippen LogP contribution is -2.48. The highest BCUT2D eigenvalue weighted by atomic mass is 19.4. The van der Waals surface area contributed by atoms with Crippen LogP contribution in [0.5, 0.6) is 0 Å². The van der Waals surface area contributed by atoms with Crippen molar-refractivity contribution >= 4 is 17.7 Å². The van der Waals surface area contributed by atoms with E-state index in [0.717, 1.165) is 12.1 Å². The van der Waals surface area contributed by atoms with Crippen molar-refractivity contribution in [3.8, 4) is 0 Å². The predicted molar refractivity (Wildman–Crippen MR) is 112 cm³/mol. The number of anilines is 1. The predicted octanol–water partition coefficient (Wildman–Crippen LogP) is 4.46. The molecule has 1 fully saturated rings. The molecule has 2 atom stereocenters. The first-order valence-corrected chi connectivity index (χ1v) is 10.2. The number of urea groups is 1. The van der Waals surface area contributed by atoms with E-state index >= 15 is 0 Å². The Labute approximate surface area is 184 Å². The molecule has 2 amide bonds. The number of alkyl halides is 3. The number of likely N-dealkylation sites (tertiary alicyclic amines) is 1. The average Bonchev–Trinajstić information content (AvgIpc) is 3.27. The van der Waals surface area contributed by atoms with Crippen molar-refractivity contribution in [1.82, 2.24) is 4.90 Å². The third kappa shape index (κ3) is 5.21. The smallest absolute Gasteiger partial charge is 0.416 e. The van der Waals surface area contributed by atoms with E-state index in [2.05, 4.69) is 4.74 Å². The Morgan fingerprint density at radius 1 is 1.22 bits per heavy atom. The van der Waals surface area contributed by atoms with Gasteiger partial charge in [0.1, 0.15) is 0 Å². The number of aliphatic hydroxyl groups is 1. The highest BCUT2D eigenvalue weighted by Crippen LogP contribution is 2.33. The maximum absolute atomic E-state index is 13.4. The number of amides is 2. The lowest BCUT2D eigenvalue weighted by Gasteiger charge is -2.33. The van der Waals surface area contributed by atoms with Crippen LogP contribution in [0, 0.1) is 0 Å². The molecule has 2 aromatic carbocycles. The van der Waals surface area contributed by atoms with Crippen molar-refractivity contribution in [1.29, 1.82) is 0 Å². The zero-order chi connectivity index (χ0) is 23.5.